The van der Waals surface area contributed by atoms with Crippen molar-refractivity contribution in [3.8, 4) is 0 Å². The van der Waals surface area contributed by atoms with Gasteiger partial charge >= 0.3 is 0 Å². The highest BCUT2D eigenvalue weighted by Gasteiger charge is 2.12. The molecule has 2 aromatic rings. The maximum Gasteiger partial charge on any atom is 0.240 e. The predicted molar refractivity (Wildman–Crippen MR) is 86.3 cm³/mol. The van der Waals surface area contributed by atoms with Gasteiger partial charge in [-0.3, -0.25) is 0 Å². The van der Waals surface area contributed by atoms with E-state index in [1.165, 1.54) is 6.07 Å². The van der Waals surface area contributed by atoms with Gasteiger partial charge in [0.25, 0.3) is 0 Å². The first kappa shape index (κ1) is 15.1. The number of para-hydroxylation sites is 2. The van der Waals surface area contributed by atoms with Crippen molar-refractivity contribution >= 4 is 32.8 Å². The summed E-state index contributed by atoms with van der Waals surface area (Å²) in [6.07, 6.45) is 0. The van der Waals surface area contributed by atoms with Crippen molar-refractivity contribution in [2.75, 3.05) is 30.0 Å². The standard InChI is InChI=1S/C14H18N4O2S/c1-18(2)13-6-4-3-5-12(13)17-10-7-8-14(11(15)9-10)21(16,19)20/h3-9,17H,15H2,1-2H3,(H2,16,19,20). The number of sulfonamides is 1. The van der Waals surface area contributed by atoms with Gasteiger partial charge in [-0.2, -0.15) is 0 Å². The van der Waals surface area contributed by atoms with Crippen molar-refractivity contribution in [2.24, 2.45) is 5.14 Å². The van der Waals surface area contributed by atoms with Gasteiger partial charge in [0.1, 0.15) is 4.90 Å². The number of benzene rings is 2. The van der Waals surface area contributed by atoms with Gasteiger partial charge in [0.2, 0.25) is 10.0 Å². The van der Waals surface area contributed by atoms with Crippen LogP contribution in [0, 0.1) is 0 Å². The number of rotatable bonds is 4. The molecule has 6 nitrogen and oxygen atoms in total. The third-order valence-electron chi connectivity index (χ3n) is 2.98. The Morgan fingerprint density at radius 2 is 1.76 bits per heavy atom. The lowest BCUT2D eigenvalue weighted by atomic mass is 10.2. The molecular formula is C14H18N4O2S. The average Bonchev–Trinajstić information content (AvgIpc) is 2.37. The molecule has 0 aliphatic rings. The van der Waals surface area contributed by atoms with Gasteiger partial charge < -0.3 is 16.0 Å². The summed E-state index contributed by atoms with van der Waals surface area (Å²) in [5, 5.41) is 8.31. The zero-order valence-electron chi connectivity index (χ0n) is 11.9. The summed E-state index contributed by atoms with van der Waals surface area (Å²) < 4.78 is 22.7. The lowest BCUT2D eigenvalue weighted by Crippen LogP contribution is -2.14. The second kappa shape index (κ2) is 5.63. The zero-order chi connectivity index (χ0) is 15.6. The van der Waals surface area contributed by atoms with Gasteiger partial charge in [-0.05, 0) is 30.3 Å². The van der Waals surface area contributed by atoms with E-state index in [9.17, 15) is 8.42 Å². The van der Waals surface area contributed by atoms with Crippen LogP contribution in [0.1, 0.15) is 0 Å². The minimum Gasteiger partial charge on any atom is -0.398 e. The second-order valence-corrected chi connectivity index (χ2v) is 6.36. The second-order valence-electron chi connectivity index (χ2n) is 4.83. The lowest BCUT2D eigenvalue weighted by molar-refractivity contribution is 0.598. The van der Waals surface area contributed by atoms with Crippen LogP contribution < -0.4 is 21.1 Å². The van der Waals surface area contributed by atoms with E-state index in [4.69, 9.17) is 10.9 Å². The minimum atomic E-state index is -3.81. The number of nitrogens with two attached hydrogens (primary N) is 2. The molecule has 21 heavy (non-hydrogen) atoms. The van der Waals surface area contributed by atoms with Crippen LogP contribution in [0.2, 0.25) is 0 Å². The largest absolute Gasteiger partial charge is 0.398 e. The fourth-order valence-electron chi connectivity index (χ4n) is 2.01. The molecule has 0 atom stereocenters. The number of primary sulfonamides is 1. The van der Waals surface area contributed by atoms with E-state index >= 15 is 0 Å². The van der Waals surface area contributed by atoms with Crippen LogP contribution in [-0.2, 0) is 10.0 Å². The highest BCUT2D eigenvalue weighted by Crippen LogP contribution is 2.29. The first-order valence-corrected chi connectivity index (χ1v) is 7.79. The number of hydrogen-bond donors (Lipinski definition) is 3. The molecule has 0 saturated carbocycles. The van der Waals surface area contributed by atoms with Gasteiger partial charge in [-0.25, -0.2) is 13.6 Å². The van der Waals surface area contributed by atoms with Gasteiger partial charge in [-0.15, -0.1) is 0 Å². The van der Waals surface area contributed by atoms with Gasteiger partial charge in [0.15, 0.2) is 0 Å². The van der Waals surface area contributed by atoms with E-state index in [2.05, 4.69) is 5.32 Å². The third kappa shape index (κ3) is 3.45. The van der Waals surface area contributed by atoms with Crippen molar-refractivity contribution in [3.63, 3.8) is 0 Å². The molecule has 0 amide bonds. The van der Waals surface area contributed by atoms with Crippen molar-refractivity contribution in [3.05, 3.63) is 42.5 Å². The Bertz CT molecular complexity index is 757. The third-order valence-corrected chi connectivity index (χ3v) is 3.97. The molecule has 5 N–H and O–H groups in total. The van der Waals surface area contributed by atoms with Gasteiger partial charge in [0.05, 0.1) is 17.1 Å². The Labute approximate surface area is 124 Å². The molecule has 2 aromatic carbocycles. The summed E-state index contributed by atoms with van der Waals surface area (Å²) in [6.45, 7) is 0. The molecule has 0 fully saturated rings. The smallest absolute Gasteiger partial charge is 0.240 e. The summed E-state index contributed by atoms with van der Waals surface area (Å²) >= 11 is 0. The van der Waals surface area contributed by atoms with Crippen LogP contribution in [0.5, 0.6) is 0 Å². The number of nitrogens with one attached hydrogen (secondary N) is 1. The average molecular weight is 306 g/mol. The van der Waals surface area contributed by atoms with E-state index in [1.807, 2.05) is 43.3 Å². The lowest BCUT2D eigenvalue weighted by Gasteiger charge is -2.18. The topological polar surface area (TPSA) is 101 Å². The molecule has 0 aliphatic heterocycles. The molecule has 0 heterocycles. The zero-order valence-corrected chi connectivity index (χ0v) is 12.7. The van der Waals surface area contributed by atoms with Crippen molar-refractivity contribution in [1.82, 2.24) is 0 Å². The van der Waals surface area contributed by atoms with Crippen LogP contribution in [0.15, 0.2) is 47.4 Å². The Morgan fingerprint density at radius 3 is 2.33 bits per heavy atom. The summed E-state index contributed by atoms with van der Waals surface area (Å²) in [7, 11) is 0.0811. The SMILES string of the molecule is CN(C)c1ccccc1Nc1ccc(S(N)(=O)=O)c(N)c1. The number of nitrogens with zero attached hydrogens (tertiary/aromatic N) is 1. The normalized spacial score (nSPS) is 11.2. The highest BCUT2D eigenvalue weighted by molar-refractivity contribution is 7.89. The number of anilines is 4. The molecule has 0 spiro atoms. The van der Waals surface area contributed by atoms with Crippen LogP contribution in [0.4, 0.5) is 22.7 Å². The van der Waals surface area contributed by atoms with E-state index in [0.717, 1.165) is 11.4 Å². The molecule has 2 rings (SSSR count). The fourth-order valence-corrected chi connectivity index (χ4v) is 2.66. The van der Waals surface area contributed by atoms with Crippen LogP contribution >= 0.6 is 0 Å². The Hall–Kier alpha value is -2.25. The first-order valence-electron chi connectivity index (χ1n) is 6.25. The summed E-state index contributed by atoms with van der Waals surface area (Å²) in [5.74, 6) is 0. The Morgan fingerprint density at radius 1 is 1.10 bits per heavy atom. The monoisotopic (exact) mass is 306 g/mol. The van der Waals surface area contributed by atoms with E-state index in [-0.39, 0.29) is 10.6 Å². The molecule has 0 aliphatic carbocycles. The molecule has 112 valence electrons. The van der Waals surface area contributed by atoms with E-state index in [0.29, 0.717) is 5.69 Å². The number of nitrogen functional groups attached to an aromatic ring is 1. The van der Waals surface area contributed by atoms with E-state index in [1.54, 1.807) is 12.1 Å². The summed E-state index contributed by atoms with van der Waals surface area (Å²) in [5.41, 5.74) is 8.45. The summed E-state index contributed by atoms with van der Waals surface area (Å²) in [6, 6.07) is 12.3. The molecule has 0 bridgehead atoms. The maximum absolute atomic E-state index is 11.3. The minimum absolute atomic E-state index is 0.0751. The molecule has 7 heteroatoms. The maximum atomic E-state index is 11.3. The Balaban J connectivity index is 2.36. The van der Waals surface area contributed by atoms with Crippen molar-refractivity contribution in [1.29, 1.82) is 0 Å². The van der Waals surface area contributed by atoms with Crippen molar-refractivity contribution < 1.29 is 8.42 Å². The van der Waals surface area contributed by atoms with Crippen LogP contribution in [-0.4, -0.2) is 22.5 Å². The van der Waals surface area contributed by atoms with Gasteiger partial charge in [0, 0.05) is 19.8 Å². The quantitative estimate of drug-likeness (QED) is 0.747. The highest BCUT2D eigenvalue weighted by atomic mass is 32.2. The van der Waals surface area contributed by atoms with Gasteiger partial charge in [-0.1, -0.05) is 12.1 Å². The number of hydrogen-bond acceptors (Lipinski definition) is 5. The molecule has 0 saturated heterocycles. The molecule has 0 aromatic heterocycles. The predicted octanol–water partition coefficient (Wildman–Crippen LogP) is 1.73. The summed E-state index contributed by atoms with van der Waals surface area (Å²) in [4.78, 5) is 1.90. The Kier molecular flexibility index (Phi) is 4.06. The molecular weight excluding hydrogens is 288 g/mol. The molecule has 0 unspecified atom stereocenters. The first-order chi connectivity index (χ1) is 9.79. The van der Waals surface area contributed by atoms with E-state index < -0.39 is 10.0 Å². The van der Waals surface area contributed by atoms with Crippen LogP contribution in [0.3, 0.4) is 0 Å². The fraction of sp³-hybridized carbons (Fsp3) is 0.143. The molecule has 0 radical (unpaired) electrons. The van der Waals surface area contributed by atoms with Crippen LogP contribution in [0.25, 0.3) is 0 Å². The van der Waals surface area contributed by atoms with Crippen molar-refractivity contribution in [2.45, 2.75) is 4.90 Å².